The van der Waals surface area contributed by atoms with Crippen LogP contribution in [-0.4, -0.2) is 0 Å². The van der Waals surface area contributed by atoms with Gasteiger partial charge in [-0.15, -0.1) is 0 Å². The standard InChI is InChI=1S/C13H20F2/c1-2-3-4-5-6-7-8-9-10-11-12-13(14)15/h12H,2-9H2,1H3. The molecular weight excluding hydrogens is 194 g/mol. The quantitative estimate of drug-likeness (QED) is 0.417. The fourth-order valence-electron chi connectivity index (χ4n) is 1.35. The maximum Gasteiger partial charge on any atom is 0.278 e. The molecule has 0 amide bonds. The summed E-state index contributed by atoms with van der Waals surface area (Å²) in [4.78, 5) is 0. The van der Waals surface area contributed by atoms with E-state index in [1.807, 2.05) is 0 Å². The van der Waals surface area contributed by atoms with Gasteiger partial charge in [0.15, 0.2) is 0 Å². The Morgan fingerprint density at radius 3 is 2.20 bits per heavy atom. The van der Waals surface area contributed by atoms with Gasteiger partial charge in [0, 0.05) is 6.42 Å². The monoisotopic (exact) mass is 214 g/mol. The summed E-state index contributed by atoms with van der Waals surface area (Å²) < 4.78 is 23.1. The average Bonchev–Trinajstić information content (AvgIpc) is 2.20. The van der Waals surface area contributed by atoms with Crippen molar-refractivity contribution in [3.63, 3.8) is 0 Å². The van der Waals surface area contributed by atoms with Crippen LogP contribution in [0.3, 0.4) is 0 Å². The number of hydrogen-bond donors (Lipinski definition) is 0. The summed E-state index contributed by atoms with van der Waals surface area (Å²) in [7, 11) is 0. The molecule has 86 valence electrons. The van der Waals surface area contributed by atoms with E-state index in [-0.39, 0.29) is 0 Å². The lowest BCUT2D eigenvalue weighted by molar-refractivity contribution is 0.422. The van der Waals surface area contributed by atoms with Gasteiger partial charge in [-0.05, 0) is 6.42 Å². The number of hydrogen-bond acceptors (Lipinski definition) is 0. The summed E-state index contributed by atoms with van der Waals surface area (Å²) in [5.41, 5.74) is 0. The van der Waals surface area contributed by atoms with E-state index >= 15 is 0 Å². The van der Waals surface area contributed by atoms with Gasteiger partial charge in [0.05, 0.1) is 6.08 Å². The van der Waals surface area contributed by atoms with E-state index in [0.717, 1.165) is 12.8 Å². The van der Waals surface area contributed by atoms with Crippen molar-refractivity contribution < 1.29 is 8.78 Å². The molecule has 0 nitrogen and oxygen atoms in total. The highest BCUT2D eigenvalue weighted by molar-refractivity contribution is 5.15. The molecule has 0 spiro atoms. The summed E-state index contributed by atoms with van der Waals surface area (Å²) in [6.07, 6.45) is 8.34. The Morgan fingerprint density at radius 1 is 1.00 bits per heavy atom. The zero-order valence-corrected chi connectivity index (χ0v) is 9.49. The molecule has 0 radical (unpaired) electrons. The molecule has 0 aliphatic carbocycles. The first-order chi connectivity index (χ1) is 7.27. The first-order valence-corrected chi connectivity index (χ1v) is 5.77. The fraction of sp³-hybridized carbons (Fsp3) is 0.692. The third-order valence-electron chi connectivity index (χ3n) is 2.19. The van der Waals surface area contributed by atoms with E-state index in [0.29, 0.717) is 6.08 Å². The molecule has 0 N–H and O–H groups in total. The van der Waals surface area contributed by atoms with Crippen LogP contribution < -0.4 is 0 Å². The molecule has 0 aliphatic heterocycles. The zero-order valence-electron chi connectivity index (χ0n) is 9.49. The molecule has 0 aromatic rings. The molecule has 0 aliphatic rings. The Hall–Kier alpha value is -0.840. The third kappa shape index (κ3) is 13.2. The van der Waals surface area contributed by atoms with Crippen LogP contribution >= 0.6 is 0 Å². The van der Waals surface area contributed by atoms with E-state index in [2.05, 4.69) is 18.8 Å². The molecule has 0 saturated heterocycles. The van der Waals surface area contributed by atoms with Gasteiger partial charge in [-0.1, -0.05) is 57.3 Å². The van der Waals surface area contributed by atoms with Gasteiger partial charge in [0.2, 0.25) is 0 Å². The molecule has 0 atom stereocenters. The fourth-order valence-corrected chi connectivity index (χ4v) is 1.35. The second-order valence-electron chi connectivity index (χ2n) is 3.63. The van der Waals surface area contributed by atoms with Crippen LogP contribution in [0.25, 0.3) is 0 Å². The smallest absolute Gasteiger partial charge is 0.173 e. The maximum atomic E-state index is 11.5. The van der Waals surface area contributed by atoms with E-state index in [1.54, 1.807) is 0 Å². The van der Waals surface area contributed by atoms with Crippen molar-refractivity contribution >= 4 is 0 Å². The van der Waals surface area contributed by atoms with Crippen LogP contribution in [0.2, 0.25) is 0 Å². The number of unbranched alkanes of at least 4 members (excludes halogenated alkanes) is 7. The van der Waals surface area contributed by atoms with Crippen LogP contribution in [0, 0.1) is 11.8 Å². The number of allylic oxidation sites excluding steroid dienone is 1. The number of halogens is 2. The molecule has 0 bridgehead atoms. The van der Waals surface area contributed by atoms with Crippen molar-refractivity contribution in [3.05, 3.63) is 12.2 Å². The van der Waals surface area contributed by atoms with E-state index < -0.39 is 6.08 Å². The molecular formula is C13H20F2. The van der Waals surface area contributed by atoms with Gasteiger partial charge in [0.25, 0.3) is 6.08 Å². The maximum absolute atomic E-state index is 11.5. The minimum absolute atomic E-state index is 0.668. The summed E-state index contributed by atoms with van der Waals surface area (Å²) >= 11 is 0. The minimum atomic E-state index is -1.71. The summed E-state index contributed by atoms with van der Waals surface area (Å²) in [6.45, 7) is 2.20. The molecule has 0 fully saturated rings. The van der Waals surface area contributed by atoms with Gasteiger partial charge in [-0.25, -0.2) is 0 Å². The summed E-state index contributed by atoms with van der Waals surface area (Å²) in [6, 6.07) is 0. The predicted molar refractivity (Wildman–Crippen MR) is 60.7 cm³/mol. The molecule has 0 heterocycles. The number of rotatable bonds is 7. The molecule has 0 aromatic carbocycles. The van der Waals surface area contributed by atoms with Crippen molar-refractivity contribution in [3.8, 4) is 11.8 Å². The largest absolute Gasteiger partial charge is 0.278 e. The van der Waals surface area contributed by atoms with E-state index in [4.69, 9.17) is 0 Å². The first kappa shape index (κ1) is 14.2. The van der Waals surface area contributed by atoms with Crippen molar-refractivity contribution in [2.24, 2.45) is 0 Å². The summed E-state index contributed by atoms with van der Waals surface area (Å²) in [5, 5.41) is 0. The minimum Gasteiger partial charge on any atom is -0.173 e. The predicted octanol–water partition coefficient (Wildman–Crippen LogP) is 4.91. The van der Waals surface area contributed by atoms with Crippen molar-refractivity contribution in [2.75, 3.05) is 0 Å². The van der Waals surface area contributed by atoms with Crippen LogP contribution in [0.1, 0.15) is 58.3 Å². The lowest BCUT2D eigenvalue weighted by atomic mass is 10.1. The van der Waals surface area contributed by atoms with Gasteiger partial charge in [0.1, 0.15) is 0 Å². The highest BCUT2D eigenvalue weighted by atomic mass is 19.3. The second-order valence-corrected chi connectivity index (χ2v) is 3.63. The zero-order chi connectivity index (χ0) is 11.4. The van der Waals surface area contributed by atoms with Gasteiger partial charge < -0.3 is 0 Å². The Morgan fingerprint density at radius 2 is 1.60 bits per heavy atom. The van der Waals surface area contributed by atoms with Crippen LogP contribution in [0.5, 0.6) is 0 Å². The lowest BCUT2D eigenvalue weighted by Gasteiger charge is -1.97. The highest BCUT2D eigenvalue weighted by Gasteiger charge is 1.89. The Bertz CT molecular complexity index is 216. The van der Waals surface area contributed by atoms with Gasteiger partial charge in [-0.2, -0.15) is 8.78 Å². The summed E-state index contributed by atoms with van der Waals surface area (Å²) in [5.74, 6) is 5.05. The second kappa shape index (κ2) is 11.2. The van der Waals surface area contributed by atoms with E-state index in [1.165, 1.54) is 38.5 Å². The Balaban J connectivity index is 3.17. The van der Waals surface area contributed by atoms with Gasteiger partial charge in [-0.3, -0.25) is 0 Å². The van der Waals surface area contributed by atoms with Gasteiger partial charge >= 0.3 is 0 Å². The van der Waals surface area contributed by atoms with Crippen LogP contribution in [0.4, 0.5) is 8.78 Å². The lowest BCUT2D eigenvalue weighted by Crippen LogP contribution is -1.78. The van der Waals surface area contributed by atoms with Crippen molar-refractivity contribution in [1.82, 2.24) is 0 Å². The molecule has 0 unspecified atom stereocenters. The first-order valence-electron chi connectivity index (χ1n) is 5.77. The molecule has 2 heteroatoms. The Labute approximate surface area is 91.8 Å². The normalized spacial score (nSPS) is 9.27. The van der Waals surface area contributed by atoms with Crippen LogP contribution in [0.15, 0.2) is 12.2 Å². The van der Waals surface area contributed by atoms with E-state index in [9.17, 15) is 8.78 Å². The topological polar surface area (TPSA) is 0 Å². The Kier molecular flexibility index (Phi) is 10.6. The third-order valence-corrected chi connectivity index (χ3v) is 2.19. The molecule has 0 rings (SSSR count). The van der Waals surface area contributed by atoms with Crippen molar-refractivity contribution in [1.29, 1.82) is 0 Å². The SMILES string of the molecule is CCCCCCCCCC#CC=C(F)F. The molecule has 0 saturated carbocycles. The molecule has 15 heavy (non-hydrogen) atoms. The average molecular weight is 214 g/mol. The highest BCUT2D eigenvalue weighted by Crippen LogP contribution is 2.07. The van der Waals surface area contributed by atoms with Crippen molar-refractivity contribution in [2.45, 2.75) is 58.3 Å². The van der Waals surface area contributed by atoms with Crippen LogP contribution in [-0.2, 0) is 0 Å². The molecule has 0 aromatic heterocycles.